The van der Waals surface area contributed by atoms with Gasteiger partial charge in [0, 0.05) is 52.3 Å². The van der Waals surface area contributed by atoms with Gasteiger partial charge in [0.05, 0.1) is 19.3 Å². The fourth-order valence-electron chi connectivity index (χ4n) is 4.59. The Kier molecular flexibility index (Phi) is 8.84. The summed E-state index contributed by atoms with van der Waals surface area (Å²) in [7, 11) is 0. The lowest BCUT2D eigenvalue weighted by Crippen LogP contribution is -2.51. The van der Waals surface area contributed by atoms with Gasteiger partial charge in [-0.15, -0.1) is 0 Å². The number of β-amino-alcohol motifs (C(OH)–C–C–N with tert-alkyl or cyclic N) is 1. The summed E-state index contributed by atoms with van der Waals surface area (Å²) in [6.45, 7) is 9.64. The van der Waals surface area contributed by atoms with Crippen LogP contribution in [0.4, 0.5) is 0 Å². The van der Waals surface area contributed by atoms with Crippen LogP contribution in [0, 0.1) is 13.8 Å². The predicted octanol–water partition coefficient (Wildman–Crippen LogP) is 3.44. The van der Waals surface area contributed by atoms with Gasteiger partial charge in [0.25, 0.3) is 0 Å². The number of aliphatic hydroxyl groups is 1. The minimum Gasteiger partial charge on any atom is -0.494 e. The summed E-state index contributed by atoms with van der Waals surface area (Å²) in [5.41, 5.74) is 2.21. The van der Waals surface area contributed by atoms with Crippen molar-refractivity contribution < 1.29 is 19.4 Å². The van der Waals surface area contributed by atoms with E-state index >= 15 is 0 Å². The van der Waals surface area contributed by atoms with Crippen LogP contribution in [-0.2, 0) is 17.9 Å². The van der Waals surface area contributed by atoms with Crippen molar-refractivity contribution in [2.75, 3.05) is 39.4 Å². The van der Waals surface area contributed by atoms with Crippen molar-refractivity contribution in [3.63, 3.8) is 0 Å². The highest BCUT2D eigenvalue weighted by molar-refractivity contribution is 5.73. The molecule has 1 aromatic heterocycles. The van der Waals surface area contributed by atoms with Crippen molar-refractivity contribution in [3.8, 4) is 11.5 Å². The second kappa shape index (κ2) is 12.3. The molecule has 4 rings (SSSR count). The zero-order valence-electron chi connectivity index (χ0n) is 22.1. The van der Waals surface area contributed by atoms with Crippen LogP contribution in [0.3, 0.4) is 0 Å². The number of nitrogens with zero attached hydrogens (tertiary/aromatic N) is 4. The van der Waals surface area contributed by atoms with E-state index in [2.05, 4.69) is 16.1 Å². The van der Waals surface area contributed by atoms with Gasteiger partial charge in [0.1, 0.15) is 23.7 Å². The number of carbonyl (C=O) groups excluding carboxylic acids is 1. The maximum Gasteiger partial charge on any atom is 0.219 e. The molecule has 1 aliphatic rings. The fourth-order valence-corrected chi connectivity index (χ4v) is 4.59. The Labute approximate surface area is 219 Å². The summed E-state index contributed by atoms with van der Waals surface area (Å²) in [6.07, 6.45) is 4.76. The third-order valence-electron chi connectivity index (χ3n) is 6.53. The first-order valence-corrected chi connectivity index (χ1v) is 12.9. The van der Waals surface area contributed by atoms with Crippen LogP contribution < -0.4 is 9.47 Å². The Hall–Kier alpha value is -3.36. The minimum atomic E-state index is -1.19. The Morgan fingerprint density at radius 2 is 1.84 bits per heavy atom. The van der Waals surface area contributed by atoms with Gasteiger partial charge in [-0.3, -0.25) is 14.4 Å². The van der Waals surface area contributed by atoms with Crippen molar-refractivity contribution >= 4 is 5.91 Å². The molecule has 0 bridgehead atoms. The molecule has 0 spiro atoms. The van der Waals surface area contributed by atoms with Gasteiger partial charge in [-0.05, 0) is 49.2 Å². The number of hydrogen-bond donors (Lipinski definition) is 1. The second-order valence-electron chi connectivity index (χ2n) is 10.1. The van der Waals surface area contributed by atoms with Crippen molar-refractivity contribution in [1.29, 1.82) is 0 Å². The Balaban J connectivity index is 1.35. The van der Waals surface area contributed by atoms with E-state index in [1.54, 1.807) is 11.8 Å². The zero-order valence-corrected chi connectivity index (χ0v) is 22.1. The summed E-state index contributed by atoms with van der Waals surface area (Å²) >= 11 is 0. The van der Waals surface area contributed by atoms with Crippen molar-refractivity contribution in [3.05, 3.63) is 77.6 Å². The average molecular weight is 507 g/mol. The van der Waals surface area contributed by atoms with Crippen LogP contribution in [0.15, 0.2) is 60.9 Å². The van der Waals surface area contributed by atoms with Gasteiger partial charge in [-0.1, -0.05) is 29.8 Å². The predicted molar refractivity (Wildman–Crippen MR) is 143 cm³/mol. The fraction of sp³-hybridized carbons (Fsp3) is 0.448. The molecular weight excluding hydrogens is 468 g/mol. The number of aromatic nitrogens is 2. The topological polar surface area (TPSA) is 80.1 Å². The van der Waals surface area contributed by atoms with Gasteiger partial charge >= 0.3 is 0 Å². The van der Waals surface area contributed by atoms with E-state index in [0.717, 1.165) is 35.4 Å². The first-order valence-electron chi connectivity index (χ1n) is 12.9. The molecule has 1 amide bonds. The van der Waals surface area contributed by atoms with E-state index in [1.807, 2.05) is 73.4 Å². The van der Waals surface area contributed by atoms with Gasteiger partial charge in [0.15, 0.2) is 0 Å². The van der Waals surface area contributed by atoms with E-state index in [9.17, 15) is 9.90 Å². The summed E-state index contributed by atoms with van der Waals surface area (Å²) in [6, 6.07) is 15.8. The highest BCUT2D eigenvalue weighted by Crippen LogP contribution is 2.21. The molecule has 1 N–H and O–H groups in total. The Bertz CT molecular complexity index is 1160. The van der Waals surface area contributed by atoms with Crippen molar-refractivity contribution in [1.82, 2.24) is 19.6 Å². The number of aryl methyl sites for hydroxylation is 3. The number of amides is 1. The van der Waals surface area contributed by atoms with Crippen molar-refractivity contribution in [2.24, 2.45) is 0 Å². The van der Waals surface area contributed by atoms with Crippen LogP contribution in [0.25, 0.3) is 0 Å². The first kappa shape index (κ1) is 26.7. The molecule has 2 aromatic carbocycles. The van der Waals surface area contributed by atoms with Crippen LogP contribution >= 0.6 is 0 Å². The number of rotatable bonds is 10. The monoisotopic (exact) mass is 506 g/mol. The molecule has 1 atom stereocenters. The van der Waals surface area contributed by atoms with Crippen LogP contribution in [0.5, 0.6) is 11.5 Å². The highest BCUT2D eigenvalue weighted by Gasteiger charge is 2.36. The minimum absolute atomic E-state index is 0.0451. The van der Waals surface area contributed by atoms with Gasteiger partial charge in [-0.25, -0.2) is 0 Å². The largest absolute Gasteiger partial charge is 0.494 e. The zero-order chi connectivity index (χ0) is 26.3. The highest BCUT2D eigenvalue weighted by atomic mass is 16.5. The lowest BCUT2D eigenvalue weighted by atomic mass is 10.0. The summed E-state index contributed by atoms with van der Waals surface area (Å²) < 4.78 is 13.9. The molecule has 8 heteroatoms. The quantitative estimate of drug-likeness (QED) is 0.425. The summed E-state index contributed by atoms with van der Waals surface area (Å²) in [5, 5.41) is 15.8. The molecule has 3 aromatic rings. The molecule has 0 aliphatic carbocycles. The van der Waals surface area contributed by atoms with Crippen molar-refractivity contribution in [2.45, 2.75) is 45.9 Å². The van der Waals surface area contributed by atoms with Gasteiger partial charge in [0.2, 0.25) is 5.91 Å². The number of carbonyl (C=O) groups is 1. The lowest BCUT2D eigenvalue weighted by molar-refractivity contribution is -0.132. The van der Waals surface area contributed by atoms with E-state index in [0.29, 0.717) is 38.5 Å². The Morgan fingerprint density at radius 3 is 2.57 bits per heavy atom. The van der Waals surface area contributed by atoms with Gasteiger partial charge < -0.3 is 19.5 Å². The molecule has 1 saturated heterocycles. The molecule has 1 unspecified atom stereocenters. The van der Waals surface area contributed by atoms with Crippen LogP contribution in [0.1, 0.15) is 30.0 Å². The van der Waals surface area contributed by atoms with Crippen LogP contribution in [-0.4, -0.2) is 75.6 Å². The molecule has 0 saturated carbocycles. The molecule has 0 radical (unpaired) electrons. The van der Waals surface area contributed by atoms with E-state index < -0.39 is 5.60 Å². The maximum atomic E-state index is 12.2. The number of ether oxygens (including phenoxy) is 2. The average Bonchev–Trinajstić information content (AvgIpc) is 3.20. The smallest absolute Gasteiger partial charge is 0.219 e. The van der Waals surface area contributed by atoms with Gasteiger partial charge in [-0.2, -0.15) is 5.10 Å². The lowest BCUT2D eigenvalue weighted by Gasteiger charge is -2.32. The molecule has 8 nitrogen and oxygen atoms in total. The first-order chi connectivity index (χ1) is 17.8. The number of benzene rings is 2. The molecule has 1 fully saturated rings. The third kappa shape index (κ3) is 8.06. The molecular formula is C29H38N4O4. The second-order valence-corrected chi connectivity index (χ2v) is 10.1. The van der Waals surface area contributed by atoms with E-state index in [4.69, 9.17) is 9.47 Å². The SMILES string of the molecule is CC(=O)N1CCN(Cc2cccc(OCCCn3cc(C)cn3)c2)CC(O)(COc2ccc(C)cc2)C1. The normalized spacial score (nSPS) is 18.4. The number of hydrogen-bond acceptors (Lipinski definition) is 6. The maximum absolute atomic E-state index is 12.2. The Morgan fingerprint density at radius 1 is 1.03 bits per heavy atom. The molecule has 37 heavy (non-hydrogen) atoms. The molecule has 2 heterocycles. The van der Waals surface area contributed by atoms with E-state index in [1.165, 1.54) is 0 Å². The molecule has 1 aliphatic heterocycles. The third-order valence-corrected chi connectivity index (χ3v) is 6.53. The van der Waals surface area contributed by atoms with E-state index in [-0.39, 0.29) is 19.1 Å². The standard InChI is InChI=1S/C29H38N4O4/c1-23-8-10-27(11-9-23)37-22-29(35)20-31(13-14-32(21-29)25(3)34)19-26-6-4-7-28(16-26)36-15-5-12-33-18-24(2)17-30-33/h4,6-11,16-18,35H,5,12-15,19-22H2,1-3H3. The molecule has 198 valence electrons. The summed E-state index contributed by atoms with van der Waals surface area (Å²) in [4.78, 5) is 16.1. The van der Waals surface area contributed by atoms with Crippen LogP contribution in [0.2, 0.25) is 0 Å². The summed E-state index contributed by atoms with van der Waals surface area (Å²) in [5.74, 6) is 1.49.